The monoisotopic (exact) mass is 462 g/mol. The Balaban J connectivity index is 3.05. The van der Waals surface area contributed by atoms with Crippen LogP contribution in [0, 0.1) is 0 Å². The van der Waals surface area contributed by atoms with Crippen LogP contribution in [0.3, 0.4) is 0 Å². The molecule has 0 aromatic rings. The van der Waals surface area contributed by atoms with Gasteiger partial charge in [-0.1, -0.05) is 45.6 Å². The molecule has 0 fully saturated rings. The van der Waals surface area contributed by atoms with E-state index in [9.17, 15) is 4.79 Å². The summed E-state index contributed by atoms with van der Waals surface area (Å²) in [5.74, 6) is -0.401. The van der Waals surface area contributed by atoms with Crippen molar-refractivity contribution in [3.63, 3.8) is 0 Å². The molecule has 0 bridgehead atoms. The summed E-state index contributed by atoms with van der Waals surface area (Å²) in [7, 11) is 0. The predicted molar refractivity (Wildman–Crippen MR) is 124 cm³/mol. The molecule has 8 heteroatoms. The fourth-order valence-electron chi connectivity index (χ4n) is 2.50. The van der Waals surface area contributed by atoms with E-state index in [0.717, 1.165) is 13.0 Å². The van der Waals surface area contributed by atoms with E-state index in [1.54, 1.807) is 6.92 Å². The molecule has 0 heterocycles. The molecule has 0 N–H and O–H groups in total. The molecule has 190 valence electrons. The molecule has 0 aliphatic heterocycles. The molecule has 8 nitrogen and oxygen atoms in total. The maximum absolute atomic E-state index is 11.1. The fourth-order valence-corrected chi connectivity index (χ4v) is 2.50. The van der Waals surface area contributed by atoms with Gasteiger partial charge in [0.1, 0.15) is 6.61 Å². The molecular weight excluding hydrogens is 416 g/mol. The second-order valence-corrected chi connectivity index (χ2v) is 7.36. The molecule has 0 aliphatic carbocycles. The highest BCUT2D eigenvalue weighted by Crippen LogP contribution is 2.04. The molecule has 0 radical (unpaired) electrons. The van der Waals surface area contributed by atoms with Crippen LogP contribution in [0.25, 0.3) is 0 Å². The Morgan fingerprint density at radius 1 is 0.531 bits per heavy atom. The summed E-state index contributed by atoms with van der Waals surface area (Å²) >= 11 is 0. The summed E-state index contributed by atoms with van der Waals surface area (Å²) in [4.78, 5) is 11.1. The lowest BCUT2D eigenvalue weighted by Gasteiger charge is -2.08. The van der Waals surface area contributed by atoms with Gasteiger partial charge in [-0.2, -0.15) is 0 Å². The van der Waals surface area contributed by atoms with Crippen LogP contribution < -0.4 is 0 Å². The van der Waals surface area contributed by atoms with Gasteiger partial charge in [-0.3, -0.25) is 0 Å². The van der Waals surface area contributed by atoms with Crippen molar-refractivity contribution in [1.29, 1.82) is 0 Å². The van der Waals surface area contributed by atoms with Gasteiger partial charge in [-0.25, -0.2) is 4.79 Å². The van der Waals surface area contributed by atoms with Crippen molar-refractivity contribution in [2.24, 2.45) is 0 Å². The first-order valence-corrected chi connectivity index (χ1v) is 12.0. The first kappa shape index (κ1) is 31.0. The van der Waals surface area contributed by atoms with E-state index in [0.29, 0.717) is 78.2 Å². The summed E-state index contributed by atoms with van der Waals surface area (Å²) in [6, 6.07) is 0. The number of rotatable bonds is 26. The van der Waals surface area contributed by atoms with Gasteiger partial charge in [0.25, 0.3) is 0 Å². The molecule has 0 atom stereocenters. The molecule has 0 saturated heterocycles. The molecule has 0 spiro atoms. The number of hydrogen-bond donors (Lipinski definition) is 0. The molecule has 32 heavy (non-hydrogen) atoms. The number of carbonyl (C=O) groups is 1. The maximum Gasteiger partial charge on any atom is 0.333 e. The largest absolute Gasteiger partial charge is 0.460 e. The lowest BCUT2D eigenvalue weighted by molar-refractivity contribution is -0.140. The summed E-state index contributed by atoms with van der Waals surface area (Å²) in [6.07, 6.45) is 7.68. The van der Waals surface area contributed by atoms with Crippen LogP contribution in [-0.2, 0) is 38.0 Å². The zero-order valence-corrected chi connectivity index (χ0v) is 20.4. The Hall–Kier alpha value is -1.03. The minimum absolute atomic E-state index is 0.215. The highest BCUT2D eigenvalue weighted by molar-refractivity contribution is 5.86. The minimum Gasteiger partial charge on any atom is -0.460 e. The molecule has 0 saturated carbocycles. The summed E-state index contributed by atoms with van der Waals surface area (Å²) in [5, 5.41) is 0. The smallest absolute Gasteiger partial charge is 0.333 e. The maximum atomic E-state index is 11.1. The number of unbranched alkanes of at least 4 members (excludes halogenated alkanes) is 5. The van der Waals surface area contributed by atoms with Crippen molar-refractivity contribution in [2.75, 3.05) is 85.9 Å². The van der Waals surface area contributed by atoms with Crippen LogP contribution in [0.15, 0.2) is 12.2 Å². The molecule has 0 aliphatic rings. The second kappa shape index (κ2) is 26.2. The van der Waals surface area contributed by atoms with E-state index < -0.39 is 5.97 Å². The third kappa shape index (κ3) is 25.2. The average Bonchev–Trinajstić information content (AvgIpc) is 2.78. The Morgan fingerprint density at radius 3 is 1.28 bits per heavy atom. The Bertz CT molecular complexity index is 417. The van der Waals surface area contributed by atoms with Gasteiger partial charge in [-0.15, -0.1) is 0 Å². The lowest BCUT2D eigenvalue weighted by atomic mass is 10.1. The van der Waals surface area contributed by atoms with Gasteiger partial charge in [0, 0.05) is 12.2 Å². The van der Waals surface area contributed by atoms with Crippen LogP contribution >= 0.6 is 0 Å². The summed E-state index contributed by atoms with van der Waals surface area (Å²) in [5.41, 5.74) is 0.381. The van der Waals surface area contributed by atoms with Crippen LogP contribution in [-0.4, -0.2) is 91.9 Å². The van der Waals surface area contributed by atoms with Gasteiger partial charge in [0.2, 0.25) is 0 Å². The van der Waals surface area contributed by atoms with Gasteiger partial charge in [-0.05, 0) is 13.3 Å². The molecule has 0 aromatic heterocycles. The molecule has 0 aromatic carbocycles. The van der Waals surface area contributed by atoms with Crippen molar-refractivity contribution in [1.82, 2.24) is 0 Å². The van der Waals surface area contributed by atoms with Gasteiger partial charge in [0.05, 0.1) is 72.7 Å². The normalized spacial score (nSPS) is 11.1. The van der Waals surface area contributed by atoms with E-state index in [1.165, 1.54) is 32.1 Å². The van der Waals surface area contributed by atoms with E-state index in [-0.39, 0.29) is 6.61 Å². The summed E-state index contributed by atoms with van der Waals surface area (Å²) < 4.78 is 37.5. The Morgan fingerprint density at radius 2 is 0.875 bits per heavy atom. The number of hydrogen-bond acceptors (Lipinski definition) is 8. The third-order valence-electron chi connectivity index (χ3n) is 4.31. The Labute approximate surface area is 194 Å². The van der Waals surface area contributed by atoms with Gasteiger partial charge in [0.15, 0.2) is 0 Å². The summed E-state index contributed by atoms with van der Waals surface area (Å²) in [6.45, 7) is 14.1. The van der Waals surface area contributed by atoms with E-state index >= 15 is 0 Å². The van der Waals surface area contributed by atoms with Gasteiger partial charge < -0.3 is 33.2 Å². The Kier molecular flexibility index (Phi) is 25.4. The van der Waals surface area contributed by atoms with Crippen molar-refractivity contribution in [3.8, 4) is 0 Å². The van der Waals surface area contributed by atoms with Crippen molar-refractivity contribution >= 4 is 5.97 Å². The first-order valence-electron chi connectivity index (χ1n) is 12.0. The third-order valence-corrected chi connectivity index (χ3v) is 4.31. The molecule has 0 unspecified atom stereocenters. The minimum atomic E-state index is -0.401. The van der Waals surface area contributed by atoms with Crippen LogP contribution in [0.1, 0.15) is 52.4 Å². The van der Waals surface area contributed by atoms with Crippen LogP contribution in [0.5, 0.6) is 0 Å². The van der Waals surface area contributed by atoms with Crippen LogP contribution in [0.4, 0.5) is 0 Å². The molecule has 0 amide bonds. The number of esters is 1. The SMILES string of the molecule is C=C(C)C(=O)OCCOCCOCCOCCOCCOCCOCCCCCCCC. The fraction of sp³-hybridized carbons (Fsp3) is 0.875. The highest BCUT2D eigenvalue weighted by Gasteiger charge is 2.01. The molecule has 0 rings (SSSR count). The van der Waals surface area contributed by atoms with Crippen molar-refractivity contribution in [2.45, 2.75) is 52.4 Å². The average molecular weight is 463 g/mol. The van der Waals surface area contributed by atoms with Gasteiger partial charge >= 0.3 is 5.97 Å². The predicted octanol–water partition coefficient (Wildman–Crippen LogP) is 3.57. The van der Waals surface area contributed by atoms with Crippen molar-refractivity contribution < 1.29 is 38.0 Å². The topological polar surface area (TPSA) is 81.7 Å². The van der Waals surface area contributed by atoms with Crippen LogP contribution in [0.2, 0.25) is 0 Å². The second-order valence-electron chi connectivity index (χ2n) is 7.36. The first-order chi connectivity index (χ1) is 15.7. The molecular formula is C24H46O8. The number of carbonyl (C=O) groups excluding carboxylic acids is 1. The lowest BCUT2D eigenvalue weighted by Crippen LogP contribution is -2.15. The standard InChI is InChI=1S/C24H46O8/c1-4-5-6-7-8-9-10-26-11-12-27-13-14-28-15-16-29-17-18-30-19-20-31-21-22-32-24(25)23(2)3/h2,4-22H2,1,3H3. The van der Waals surface area contributed by atoms with E-state index in [2.05, 4.69) is 13.5 Å². The highest BCUT2D eigenvalue weighted by atomic mass is 16.6. The van der Waals surface area contributed by atoms with Crippen molar-refractivity contribution in [3.05, 3.63) is 12.2 Å². The van der Waals surface area contributed by atoms with E-state index in [4.69, 9.17) is 33.2 Å². The zero-order valence-electron chi connectivity index (χ0n) is 20.4. The zero-order chi connectivity index (χ0) is 23.5. The quantitative estimate of drug-likeness (QED) is 0.110. The number of ether oxygens (including phenoxy) is 7. The van der Waals surface area contributed by atoms with E-state index in [1.807, 2.05) is 0 Å².